The number of nitro groups is 1. The lowest BCUT2D eigenvalue weighted by atomic mass is 9.98. The van der Waals surface area contributed by atoms with Gasteiger partial charge in [-0.05, 0) is 29.7 Å². The maximum atomic E-state index is 11.3. The van der Waals surface area contributed by atoms with E-state index in [0.29, 0.717) is 12.1 Å². The van der Waals surface area contributed by atoms with Crippen LogP contribution < -0.4 is 5.32 Å². The van der Waals surface area contributed by atoms with E-state index >= 15 is 0 Å². The van der Waals surface area contributed by atoms with Gasteiger partial charge in [-0.1, -0.05) is 6.92 Å². The first kappa shape index (κ1) is 13.7. The molecule has 1 aromatic carbocycles. The van der Waals surface area contributed by atoms with Crippen LogP contribution in [0.1, 0.15) is 20.3 Å². The SMILES string of the molecule is CCC(C)(Nc1ccc([N+](=O)[O-])c2nonc12)C(=O)O. The minimum absolute atomic E-state index is 0.0242. The third-order valence-electron chi connectivity index (χ3n) is 3.18. The zero-order valence-corrected chi connectivity index (χ0v) is 10.8. The Kier molecular flexibility index (Phi) is 3.26. The number of hydrogen-bond acceptors (Lipinski definition) is 7. The molecule has 0 amide bonds. The van der Waals surface area contributed by atoms with Crippen LogP contribution >= 0.6 is 0 Å². The van der Waals surface area contributed by atoms with Gasteiger partial charge in [0.1, 0.15) is 5.54 Å². The van der Waals surface area contributed by atoms with Crippen molar-refractivity contribution in [2.75, 3.05) is 5.32 Å². The molecule has 2 aromatic rings. The number of fused-ring (bicyclic) bond motifs is 1. The Morgan fingerprint density at radius 2 is 2.15 bits per heavy atom. The Balaban J connectivity index is 2.52. The van der Waals surface area contributed by atoms with Crippen LogP contribution in [0.15, 0.2) is 16.8 Å². The first-order valence-corrected chi connectivity index (χ1v) is 5.80. The second kappa shape index (κ2) is 4.76. The molecule has 0 aliphatic heterocycles. The molecule has 0 saturated heterocycles. The molecule has 1 unspecified atom stereocenters. The van der Waals surface area contributed by atoms with Gasteiger partial charge in [0.25, 0.3) is 0 Å². The van der Waals surface area contributed by atoms with Gasteiger partial charge >= 0.3 is 11.7 Å². The van der Waals surface area contributed by atoms with Crippen LogP contribution in [0, 0.1) is 10.1 Å². The van der Waals surface area contributed by atoms with E-state index in [1.807, 2.05) is 0 Å². The van der Waals surface area contributed by atoms with Crippen molar-refractivity contribution >= 4 is 28.4 Å². The zero-order valence-electron chi connectivity index (χ0n) is 10.8. The highest BCUT2D eigenvalue weighted by Gasteiger charge is 2.32. The Hall–Kier alpha value is -2.71. The smallest absolute Gasteiger partial charge is 0.329 e. The number of aromatic nitrogens is 2. The molecule has 9 nitrogen and oxygen atoms in total. The molecule has 0 bridgehead atoms. The number of carbonyl (C=O) groups is 1. The average molecular weight is 280 g/mol. The largest absolute Gasteiger partial charge is 0.480 e. The first-order valence-electron chi connectivity index (χ1n) is 5.80. The number of aliphatic carboxylic acids is 1. The number of nitrogens with one attached hydrogen (secondary N) is 1. The van der Waals surface area contributed by atoms with Gasteiger partial charge in [0.15, 0.2) is 5.52 Å². The quantitative estimate of drug-likeness (QED) is 0.625. The molecular formula is C11H12N4O5. The molecule has 0 aliphatic rings. The van der Waals surface area contributed by atoms with E-state index in [9.17, 15) is 20.0 Å². The molecule has 2 N–H and O–H groups in total. The molecule has 1 heterocycles. The van der Waals surface area contributed by atoms with E-state index in [2.05, 4.69) is 20.3 Å². The predicted octanol–water partition coefficient (Wildman–Crippen LogP) is 1.80. The molecule has 0 saturated carbocycles. The molecule has 106 valence electrons. The summed E-state index contributed by atoms with van der Waals surface area (Å²) < 4.78 is 4.51. The van der Waals surface area contributed by atoms with Crippen LogP contribution in [0.5, 0.6) is 0 Å². The topological polar surface area (TPSA) is 131 Å². The van der Waals surface area contributed by atoms with Crippen LogP contribution in [0.3, 0.4) is 0 Å². The summed E-state index contributed by atoms with van der Waals surface area (Å²) in [5, 5.41) is 30.0. The van der Waals surface area contributed by atoms with Crippen LogP contribution in [-0.4, -0.2) is 31.9 Å². The Morgan fingerprint density at radius 3 is 2.70 bits per heavy atom. The highest BCUT2D eigenvalue weighted by molar-refractivity contribution is 5.95. The van der Waals surface area contributed by atoms with Crippen molar-refractivity contribution in [2.45, 2.75) is 25.8 Å². The summed E-state index contributed by atoms with van der Waals surface area (Å²) in [5.41, 5.74) is -1.05. The van der Waals surface area contributed by atoms with E-state index in [0.717, 1.165) is 0 Å². The van der Waals surface area contributed by atoms with Crippen LogP contribution in [0.4, 0.5) is 11.4 Å². The third-order valence-corrected chi connectivity index (χ3v) is 3.18. The molecule has 0 aliphatic carbocycles. The van der Waals surface area contributed by atoms with Crippen molar-refractivity contribution in [3.63, 3.8) is 0 Å². The van der Waals surface area contributed by atoms with E-state index in [-0.39, 0.29) is 16.7 Å². The Bertz CT molecular complexity index is 683. The van der Waals surface area contributed by atoms with Gasteiger partial charge in [-0.3, -0.25) is 10.1 Å². The Labute approximate surface area is 112 Å². The van der Waals surface area contributed by atoms with E-state index in [1.165, 1.54) is 19.1 Å². The molecule has 9 heteroatoms. The second-order valence-corrected chi connectivity index (χ2v) is 4.47. The van der Waals surface area contributed by atoms with Crippen LogP contribution in [-0.2, 0) is 4.79 Å². The van der Waals surface area contributed by atoms with E-state index in [1.54, 1.807) is 6.92 Å². The number of non-ortho nitro benzene ring substituents is 1. The zero-order chi connectivity index (χ0) is 14.9. The number of anilines is 1. The van der Waals surface area contributed by atoms with Gasteiger partial charge in [0.2, 0.25) is 5.52 Å². The molecule has 1 atom stereocenters. The number of hydrogen-bond donors (Lipinski definition) is 2. The highest BCUT2D eigenvalue weighted by Crippen LogP contribution is 2.31. The molecular weight excluding hydrogens is 268 g/mol. The lowest BCUT2D eigenvalue weighted by Crippen LogP contribution is -2.42. The summed E-state index contributed by atoms with van der Waals surface area (Å²) in [6.07, 6.45) is 0.312. The summed E-state index contributed by atoms with van der Waals surface area (Å²) in [6.45, 7) is 3.22. The van der Waals surface area contributed by atoms with Gasteiger partial charge in [-0.2, -0.15) is 0 Å². The van der Waals surface area contributed by atoms with Crippen molar-refractivity contribution in [1.82, 2.24) is 10.3 Å². The fourth-order valence-electron chi connectivity index (χ4n) is 1.69. The normalized spacial score (nSPS) is 13.9. The monoisotopic (exact) mass is 280 g/mol. The van der Waals surface area contributed by atoms with E-state index < -0.39 is 16.4 Å². The number of carboxylic acid groups (broad SMARTS) is 1. The molecule has 1 aromatic heterocycles. The van der Waals surface area contributed by atoms with Gasteiger partial charge in [0.05, 0.1) is 10.6 Å². The first-order chi connectivity index (χ1) is 9.39. The summed E-state index contributed by atoms with van der Waals surface area (Å²) in [6, 6.07) is 2.62. The molecule has 2 rings (SSSR count). The van der Waals surface area contributed by atoms with Gasteiger partial charge in [0, 0.05) is 6.07 Å². The van der Waals surface area contributed by atoms with Gasteiger partial charge in [-0.25, -0.2) is 9.42 Å². The molecule has 0 spiro atoms. The lowest BCUT2D eigenvalue weighted by Gasteiger charge is -2.25. The average Bonchev–Trinajstić information content (AvgIpc) is 2.87. The minimum atomic E-state index is -1.22. The van der Waals surface area contributed by atoms with Gasteiger partial charge < -0.3 is 10.4 Å². The Morgan fingerprint density at radius 1 is 1.50 bits per heavy atom. The number of nitro benzene ring substituents is 1. The summed E-state index contributed by atoms with van der Waals surface area (Å²) in [4.78, 5) is 21.5. The fraction of sp³-hybridized carbons (Fsp3) is 0.364. The lowest BCUT2D eigenvalue weighted by molar-refractivity contribution is -0.383. The third kappa shape index (κ3) is 2.13. The van der Waals surface area contributed by atoms with Crippen molar-refractivity contribution in [3.05, 3.63) is 22.2 Å². The van der Waals surface area contributed by atoms with Crippen molar-refractivity contribution in [3.8, 4) is 0 Å². The van der Waals surface area contributed by atoms with Crippen molar-refractivity contribution in [1.29, 1.82) is 0 Å². The molecule has 20 heavy (non-hydrogen) atoms. The highest BCUT2D eigenvalue weighted by atomic mass is 16.6. The van der Waals surface area contributed by atoms with Crippen LogP contribution in [0.2, 0.25) is 0 Å². The maximum absolute atomic E-state index is 11.3. The number of benzene rings is 1. The van der Waals surface area contributed by atoms with Crippen molar-refractivity contribution in [2.24, 2.45) is 0 Å². The fourth-order valence-corrected chi connectivity index (χ4v) is 1.69. The van der Waals surface area contributed by atoms with Crippen molar-refractivity contribution < 1.29 is 19.5 Å². The van der Waals surface area contributed by atoms with Gasteiger partial charge in [-0.15, -0.1) is 0 Å². The second-order valence-electron chi connectivity index (χ2n) is 4.47. The summed E-state index contributed by atoms with van der Waals surface area (Å²) in [5.74, 6) is -1.04. The molecule has 0 radical (unpaired) electrons. The summed E-state index contributed by atoms with van der Waals surface area (Å²) >= 11 is 0. The standard InChI is InChI=1S/C11H12N4O5/c1-3-11(2,10(16)17)12-6-4-5-7(15(18)19)9-8(6)13-20-14-9/h4-5,12H,3H2,1-2H3,(H,16,17). The number of carboxylic acids is 1. The predicted molar refractivity (Wildman–Crippen MR) is 68.4 cm³/mol. The molecule has 0 fully saturated rings. The number of rotatable bonds is 5. The summed E-state index contributed by atoms with van der Waals surface area (Å²) in [7, 11) is 0. The van der Waals surface area contributed by atoms with E-state index in [4.69, 9.17) is 0 Å². The van der Waals surface area contributed by atoms with Crippen LogP contribution in [0.25, 0.3) is 11.0 Å². The maximum Gasteiger partial charge on any atom is 0.329 e. The number of nitrogens with zero attached hydrogens (tertiary/aromatic N) is 3. The minimum Gasteiger partial charge on any atom is -0.480 e.